The molecule has 0 saturated carbocycles. The summed E-state index contributed by atoms with van der Waals surface area (Å²) in [6.45, 7) is 4.90. The van der Waals surface area contributed by atoms with Crippen LogP contribution in [0.15, 0.2) is 21.7 Å². The molecule has 0 spiro atoms. The van der Waals surface area contributed by atoms with E-state index in [2.05, 4.69) is 15.3 Å². The second-order valence-electron chi connectivity index (χ2n) is 8.09. The highest BCUT2D eigenvalue weighted by Crippen LogP contribution is 2.20. The summed E-state index contributed by atoms with van der Waals surface area (Å²) in [6.07, 6.45) is 4.17. The smallest absolute Gasteiger partial charge is 0.323 e. The molecule has 3 rings (SSSR count). The van der Waals surface area contributed by atoms with Crippen molar-refractivity contribution in [3.8, 4) is 0 Å². The number of unbranched alkanes of at least 4 members (excludes halogenated alkanes) is 3. The monoisotopic (exact) mass is 479 g/mol. The zero-order valence-corrected chi connectivity index (χ0v) is 19.2. The van der Waals surface area contributed by atoms with Crippen LogP contribution in [0.1, 0.15) is 58.2 Å². The number of amides is 1. The van der Waals surface area contributed by atoms with E-state index in [4.69, 9.17) is 0 Å². The third-order valence-corrected chi connectivity index (χ3v) is 5.57. The van der Waals surface area contributed by atoms with E-state index >= 15 is 0 Å². The van der Waals surface area contributed by atoms with Gasteiger partial charge in [-0.1, -0.05) is 33.1 Å². The van der Waals surface area contributed by atoms with Crippen molar-refractivity contribution in [2.75, 3.05) is 5.32 Å². The molecule has 0 aliphatic carbocycles. The van der Waals surface area contributed by atoms with Crippen LogP contribution < -0.4 is 16.6 Å². The van der Waals surface area contributed by atoms with Gasteiger partial charge >= 0.3 is 5.69 Å². The van der Waals surface area contributed by atoms with Crippen LogP contribution in [0.25, 0.3) is 11.2 Å². The highest BCUT2D eigenvalue weighted by Gasteiger charge is 2.20. The number of carbonyl (C=O) groups is 1. The maximum absolute atomic E-state index is 13.9. The van der Waals surface area contributed by atoms with Gasteiger partial charge in [-0.05, 0) is 25.0 Å². The van der Waals surface area contributed by atoms with Crippen molar-refractivity contribution in [1.29, 1.82) is 0 Å². The van der Waals surface area contributed by atoms with Crippen LogP contribution >= 0.6 is 0 Å². The summed E-state index contributed by atoms with van der Waals surface area (Å²) in [5, 5.41) is 2.23. The van der Waals surface area contributed by atoms with Gasteiger partial charge < -0.3 is 9.88 Å². The summed E-state index contributed by atoms with van der Waals surface area (Å²) in [7, 11) is 0. The van der Waals surface area contributed by atoms with Gasteiger partial charge in [-0.3, -0.25) is 19.1 Å². The van der Waals surface area contributed by atoms with Crippen LogP contribution in [0.5, 0.6) is 0 Å². The first-order valence-corrected chi connectivity index (χ1v) is 11.4. The number of aromatic nitrogens is 4. The Balaban J connectivity index is 1.91. The topological polar surface area (TPSA) is 102 Å². The fourth-order valence-corrected chi connectivity index (χ4v) is 3.75. The average molecular weight is 480 g/mol. The Morgan fingerprint density at radius 1 is 1.00 bits per heavy atom. The van der Waals surface area contributed by atoms with Crippen LogP contribution in [0.4, 0.5) is 18.9 Å². The van der Waals surface area contributed by atoms with Crippen molar-refractivity contribution in [1.82, 2.24) is 19.1 Å². The van der Waals surface area contributed by atoms with E-state index in [-0.39, 0.29) is 24.0 Å². The maximum atomic E-state index is 13.9. The molecule has 1 aromatic carbocycles. The fraction of sp³-hybridized carbons (Fsp3) is 0.478. The molecule has 34 heavy (non-hydrogen) atoms. The average Bonchev–Trinajstić information content (AvgIpc) is 3.17. The first-order valence-electron chi connectivity index (χ1n) is 11.4. The molecule has 0 saturated heterocycles. The van der Waals surface area contributed by atoms with Crippen LogP contribution in [0.3, 0.4) is 0 Å². The lowest BCUT2D eigenvalue weighted by molar-refractivity contribution is -0.116. The Bertz CT molecular complexity index is 1300. The number of nitrogens with zero attached hydrogens (tertiary/aromatic N) is 3. The van der Waals surface area contributed by atoms with E-state index < -0.39 is 40.3 Å². The lowest BCUT2D eigenvalue weighted by Gasteiger charge is -2.10. The van der Waals surface area contributed by atoms with E-state index in [1.807, 2.05) is 13.8 Å². The molecular weight excluding hydrogens is 451 g/mol. The molecule has 2 heterocycles. The molecule has 184 valence electrons. The molecule has 2 aromatic heterocycles. The lowest BCUT2D eigenvalue weighted by atomic mass is 10.2. The van der Waals surface area contributed by atoms with Gasteiger partial charge in [0.1, 0.15) is 5.82 Å². The quantitative estimate of drug-likeness (QED) is 0.322. The van der Waals surface area contributed by atoms with Crippen molar-refractivity contribution < 1.29 is 18.0 Å². The number of anilines is 1. The number of carbonyl (C=O) groups excluding carboxylic acids is 1. The first-order chi connectivity index (χ1) is 16.3. The van der Waals surface area contributed by atoms with Crippen LogP contribution in [-0.2, 0) is 24.3 Å². The van der Waals surface area contributed by atoms with Crippen molar-refractivity contribution in [2.45, 2.75) is 71.9 Å². The summed E-state index contributed by atoms with van der Waals surface area (Å²) >= 11 is 0. The van der Waals surface area contributed by atoms with Gasteiger partial charge in [-0.15, -0.1) is 0 Å². The number of aryl methyl sites for hydroxylation is 3. The molecule has 2 N–H and O–H groups in total. The number of H-pyrrole nitrogens is 1. The molecule has 1 amide bonds. The number of aromatic amines is 1. The predicted molar refractivity (Wildman–Crippen MR) is 122 cm³/mol. The zero-order valence-electron chi connectivity index (χ0n) is 19.2. The van der Waals surface area contributed by atoms with Crippen LogP contribution in [0, 0.1) is 17.5 Å². The summed E-state index contributed by atoms with van der Waals surface area (Å²) in [4.78, 5) is 44.3. The minimum Gasteiger partial charge on any atom is -0.323 e. The molecule has 0 fully saturated rings. The number of rotatable bonds is 11. The number of nitrogens with one attached hydrogen (secondary N) is 2. The fourth-order valence-electron chi connectivity index (χ4n) is 3.75. The Morgan fingerprint density at radius 3 is 2.41 bits per heavy atom. The predicted octanol–water partition coefficient (Wildman–Crippen LogP) is 3.87. The second kappa shape index (κ2) is 11.2. The minimum atomic E-state index is -1.67. The lowest BCUT2D eigenvalue weighted by Crippen LogP contribution is -2.31. The van der Waals surface area contributed by atoms with Gasteiger partial charge in [-0.2, -0.15) is 0 Å². The molecule has 0 atom stereocenters. The molecule has 0 radical (unpaired) electrons. The Morgan fingerprint density at radius 2 is 1.71 bits per heavy atom. The first kappa shape index (κ1) is 25.3. The molecular formula is C23H28F3N5O3. The minimum absolute atomic E-state index is 0.0966. The van der Waals surface area contributed by atoms with Gasteiger partial charge in [0, 0.05) is 25.9 Å². The highest BCUT2D eigenvalue weighted by molar-refractivity contribution is 5.91. The molecule has 0 aliphatic heterocycles. The number of benzene rings is 1. The van der Waals surface area contributed by atoms with Gasteiger partial charge in [0.05, 0.1) is 5.69 Å². The van der Waals surface area contributed by atoms with Crippen molar-refractivity contribution in [3.05, 3.63) is 56.2 Å². The molecule has 0 aliphatic rings. The van der Waals surface area contributed by atoms with E-state index in [1.54, 1.807) is 4.57 Å². The number of halogens is 3. The van der Waals surface area contributed by atoms with Gasteiger partial charge in [-0.25, -0.2) is 22.9 Å². The van der Waals surface area contributed by atoms with Crippen molar-refractivity contribution in [3.63, 3.8) is 0 Å². The zero-order chi connectivity index (χ0) is 24.8. The highest BCUT2D eigenvalue weighted by atomic mass is 19.2. The molecule has 3 aromatic rings. The molecule has 0 unspecified atom stereocenters. The van der Waals surface area contributed by atoms with E-state index in [1.165, 1.54) is 4.57 Å². The summed E-state index contributed by atoms with van der Waals surface area (Å²) in [5.74, 6) is -4.69. The van der Waals surface area contributed by atoms with Gasteiger partial charge in [0.15, 0.2) is 28.6 Å². The largest absolute Gasteiger partial charge is 0.330 e. The molecule has 0 bridgehead atoms. The van der Waals surface area contributed by atoms with Crippen molar-refractivity contribution >= 4 is 22.8 Å². The third kappa shape index (κ3) is 5.40. The number of hydrogen-bond acceptors (Lipinski definition) is 4. The van der Waals surface area contributed by atoms with Crippen LogP contribution in [0.2, 0.25) is 0 Å². The number of hydrogen-bond donors (Lipinski definition) is 2. The molecule has 8 nitrogen and oxygen atoms in total. The number of fused-ring (bicyclic) bond motifs is 1. The summed E-state index contributed by atoms with van der Waals surface area (Å²) < 4.78 is 43.6. The van der Waals surface area contributed by atoms with E-state index in [0.29, 0.717) is 18.9 Å². The summed E-state index contributed by atoms with van der Waals surface area (Å²) in [5.41, 5.74) is -1.02. The number of imidazole rings is 1. The Labute approximate surface area is 193 Å². The van der Waals surface area contributed by atoms with Gasteiger partial charge in [0.25, 0.3) is 5.56 Å². The van der Waals surface area contributed by atoms with E-state index in [0.717, 1.165) is 44.2 Å². The summed E-state index contributed by atoms with van der Waals surface area (Å²) in [6, 6.07) is 1.67. The normalized spacial score (nSPS) is 11.3. The SMILES string of the molecule is CCCCCn1c(CCC(=O)Nc2ccc(F)c(F)c2F)nc2c1c(=O)[nH]c(=O)n2CCCC. The Hall–Kier alpha value is -3.37. The van der Waals surface area contributed by atoms with Crippen molar-refractivity contribution in [2.24, 2.45) is 0 Å². The van der Waals surface area contributed by atoms with E-state index in [9.17, 15) is 27.6 Å². The Kier molecular flexibility index (Phi) is 8.30. The van der Waals surface area contributed by atoms with Gasteiger partial charge in [0.2, 0.25) is 5.91 Å². The van der Waals surface area contributed by atoms with Crippen LogP contribution in [-0.4, -0.2) is 25.0 Å². The molecule has 11 heteroatoms. The maximum Gasteiger partial charge on any atom is 0.330 e. The standard InChI is InChI=1S/C23H28F3N5O3/c1-3-5-7-13-30-16(10-11-17(32)27-15-9-8-14(24)18(25)19(15)26)28-21-20(30)22(33)29-23(34)31(21)12-6-4-2/h8-9H,3-7,10-13H2,1-2H3,(H,27,32)(H,29,33,34). The third-order valence-electron chi connectivity index (χ3n) is 5.57. The second-order valence-corrected chi connectivity index (χ2v) is 8.09.